The van der Waals surface area contributed by atoms with Crippen LogP contribution in [-0.4, -0.2) is 25.8 Å². The maximum absolute atomic E-state index is 11.7. The van der Waals surface area contributed by atoms with Crippen molar-refractivity contribution in [2.45, 2.75) is 57.6 Å². The number of rotatable bonds is 8. The van der Waals surface area contributed by atoms with Gasteiger partial charge < -0.3 is 5.11 Å². The van der Waals surface area contributed by atoms with Crippen LogP contribution in [0.2, 0.25) is 0 Å². The lowest BCUT2D eigenvalue weighted by Gasteiger charge is -2.18. The Kier molecular flexibility index (Phi) is 6.81. The Hall–Kier alpha value is -0.380. The minimum absolute atomic E-state index is 0.503. The zero-order valence-corrected chi connectivity index (χ0v) is 10.7. The van der Waals surface area contributed by atoms with E-state index in [2.05, 4.69) is 6.92 Å². The highest BCUT2D eigenvalue weighted by Gasteiger charge is 2.33. The van der Waals surface area contributed by atoms with E-state index < -0.39 is 21.5 Å². The van der Waals surface area contributed by atoms with Crippen molar-refractivity contribution in [3.8, 4) is 0 Å². The van der Waals surface area contributed by atoms with E-state index in [4.69, 9.17) is 5.11 Å². The Morgan fingerprint density at radius 3 is 2.20 bits per heavy atom. The van der Waals surface area contributed by atoms with E-state index in [1.54, 1.807) is 0 Å². The third kappa shape index (κ3) is 5.30. The van der Waals surface area contributed by atoms with Gasteiger partial charge in [-0.25, -0.2) is 0 Å². The molecule has 0 aromatic carbocycles. The summed E-state index contributed by atoms with van der Waals surface area (Å²) in [7, 11) is -1.27. The van der Waals surface area contributed by atoms with Crippen LogP contribution in [0.5, 0.6) is 0 Å². The molecule has 0 amide bonds. The summed E-state index contributed by atoms with van der Waals surface area (Å²) in [6, 6.07) is 0. The average molecular weight is 234 g/mol. The summed E-state index contributed by atoms with van der Waals surface area (Å²) in [5, 5.41) is 8.86. The van der Waals surface area contributed by atoms with E-state index >= 15 is 0 Å². The van der Waals surface area contributed by atoms with Crippen LogP contribution in [0, 0.1) is 0 Å². The first-order valence-corrected chi connectivity index (χ1v) is 6.86. The molecule has 0 spiro atoms. The standard InChI is InChI=1S/C11H22O3S/c1-4-5-6-7-8-9-15(14)11(2,3)10(12)13/h4-9H2,1-3H3,(H,12,13). The van der Waals surface area contributed by atoms with Crippen LogP contribution in [0.25, 0.3) is 0 Å². The summed E-state index contributed by atoms with van der Waals surface area (Å²) in [5.41, 5.74) is 0. The summed E-state index contributed by atoms with van der Waals surface area (Å²) in [6.45, 7) is 5.20. The van der Waals surface area contributed by atoms with E-state index in [0.717, 1.165) is 19.3 Å². The van der Waals surface area contributed by atoms with E-state index in [0.29, 0.717) is 5.75 Å². The van der Waals surface area contributed by atoms with E-state index in [9.17, 15) is 9.00 Å². The van der Waals surface area contributed by atoms with Crippen molar-refractivity contribution in [2.24, 2.45) is 0 Å². The predicted molar refractivity (Wildman–Crippen MR) is 63.5 cm³/mol. The Morgan fingerprint density at radius 2 is 1.73 bits per heavy atom. The second kappa shape index (κ2) is 6.99. The first-order chi connectivity index (χ1) is 6.92. The molecule has 1 N–H and O–H groups in total. The number of hydrogen-bond donors (Lipinski definition) is 1. The van der Waals surface area contributed by atoms with Crippen LogP contribution >= 0.6 is 0 Å². The zero-order chi connectivity index (χ0) is 11.9. The highest BCUT2D eigenvalue weighted by Crippen LogP contribution is 2.15. The fourth-order valence-corrected chi connectivity index (χ4v) is 2.36. The van der Waals surface area contributed by atoms with Gasteiger partial charge in [-0.2, -0.15) is 0 Å². The van der Waals surface area contributed by atoms with Gasteiger partial charge in [-0.15, -0.1) is 0 Å². The average Bonchev–Trinajstić information content (AvgIpc) is 2.16. The van der Waals surface area contributed by atoms with Crippen molar-refractivity contribution >= 4 is 16.8 Å². The monoisotopic (exact) mass is 234 g/mol. The number of hydrogen-bond acceptors (Lipinski definition) is 2. The Balaban J connectivity index is 3.79. The molecule has 1 unspecified atom stereocenters. The summed E-state index contributed by atoms with van der Waals surface area (Å²) in [5.74, 6) is -0.474. The first-order valence-electron chi connectivity index (χ1n) is 5.54. The largest absolute Gasteiger partial charge is 0.480 e. The molecule has 0 radical (unpaired) electrons. The van der Waals surface area contributed by atoms with Crippen LogP contribution in [0.3, 0.4) is 0 Å². The molecule has 0 aromatic rings. The Labute approximate surface area is 94.7 Å². The van der Waals surface area contributed by atoms with Gasteiger partial charge in [-0.3, -0.25) is 9.00 Å². The van der Waals surface area contributed by atoms with Crippen molar-refractivity contribution in [1.29, 1.82) is 0 Å². The number of aliphatic carboxylic acids is 1. The molecular weight excluding hydrogens is 212 g/mol. The minimum atomic E-state index is -1.27. The highest BCUT2D eigenvalue weighted by atomic mass is 32.2. The topological polar surface area (TPSA) is 54.4 Å². The van der Waals surface area contributed by atoms with E-state index in [1.165, 1.54) is 26.7 Å². The van der Waals surface area contributed by atoms with Gasteiger partial charge in [-0.1, -0.05) is 32.6 Å². The molecule has 0 bridgehead atoms. The van der Waals surface area contributed by atoms with Crippen LogP contribution in [-0.2, 0) is 15.6 Å². The van der Waals surface area contributed by atoms with Crippen molar-refractivity contribution < 1.29 is 14.1 Å². The predicted octanol–water partition coefficient (Wildman–Crippen LogP) is 2.57. The molecule has 0 aliphatic heterocycles. The van der Waals surface area contributed by atoms with Crippen molar-refractivity contribution in [3.63, 3.8) is 0 Å². The van der Waals surface area contributed by atoms with Crippen molar-refractivity contribution in [2.75, 3.05) is 5.75 Å². The number of carboxylic acids is 1. The number of carbonyl (C=O) groups is 1. The maximum atomic E-state index is 11.7. The van der Waals surface area contributed by atoms with Gasteiger partial charge in [0.25, 0.3) is 0 Å². The first kappa shape index (κ1) is 14.6. The smallest absolute Gasteiger partial charge is 0.321 e. The molecule has 0 aliphatic rings. The molecular formula is C11H22O3S. The summed E-state index contributed by atoms with van der Waals surface area (Å²) < 4.78 is 10.6. The van der Waals surface area contributed by atoms with Crippen LogP contribution in [0.4, 0.5) is 0 Å². The van der Waals surface area contributed by atoms with Gasteiger partial charge >= 0.3 is 5.97 Å². The fraction of sp³-hybridized carbons (Fsp3) is 0.909. The number of carboxylic acid groups (broad SMARTS) is 1. The van der Waals surface area contributed by atoms with Gasteiger partial charge in [0.1, 0.15) is 4.75 Å². The molecule has 0 saturated carbocycles. The summed E-state index contributed by atoms with van der Waals surface area (Å²) in [4.78, 5) is 10.8. The SMILES string of the molecule is CCCCCCCS(=O)C(C)(C)C(=O)O. The lowest BCUT2D eigenvalue weighted by Crippen LogP contribution is -2.37. The lowest BCUT2D eigenvalue weighted by molar-refractivity contribution is -0.139. The Morgan fingerprint density at radius 1 is 1.20 bits per heavy atom. The highest BCUT2D eigenvalue weighted by molar-refractivity contribution is 7.87. The summed E-state index contributed by atoms with van der Waals surface area (Å²) >= 11 is 0. The zero-order valence-electron chi connectivity index (χ0n) is 9.91. The Bertz CT molecular complexity index is 224. The maximum Gasteiger partial charge on any atom is 0.321 e. The van der Waals surface area contributed by atoms with Crippen molar-refractivity contribution in [1.82, 2.24) is 0 Å². The third-order valence-electron chi connectivity index (χ3n) is 2.52. The number of unbranched alkanes of at least 4 members (excludes halogenated alkanes) is 4. The normalized spacial score (nSPS) is 13.8. The molecule has 0 rings (SSSR count). The van der Waals surface area contributed by atoms with E-state index in [1.807, 2.05) is 0 Å². The van der Waals surface area contributed by atoms with Gasteiger partial charge in [0.15, 0.2) is 0 Å². The second-order valence-electron chi connectivity index (χ2n) is 4.28. The molecule has 4 heteroatoms. The van der Waals surface area contributed by atoms with Gasteiger partial charge in [0, 0.05) is 16.6 Å². The van der Waals surface area contributed by atoms with Crippen LogP contribution < -0.4 is 0 Å². The molecule has 3 nitrogen and oxygen atoms in total. The quantitative estimate of drug-likeness (QED) is 0.657. The molecule has 0 saturated heterocycles. The third-order valence-corrected chi connectivity index (χ3v) is 4.49. The molecule has 0 aromatic heterocycles. The second-order valence-corrected chi connectivity index (χ2v) is 6.40. The van der Waals surface area contributed by atoms with Crippen LogP contribution in [0.15, 0.2) is 0 Å². The molecule has 0 heterocycles. The lowest BCUT2D eigenvalue weighted by atomic mass is 10.2. The molecule has 0 fully saturated rings. The van der Waals surface area contributed by atoms with Crippen molar-refractivity contribution in [3.05, 3.63) is 0 Å². The molecule has 0 aliphatic carbocycles. The fourth-order valence-electron chi connectivity index (χ4n) is 1.19. The molecule has 1 atom stereocenters. The van der Waals surface area contributed by atoms with Gasteiger partial charge in [-0.05, 0) is 20.3 Å². The van der Waals surface area contributed by atoms with Gasteiger partial charge in [0.05, 0.1) is 0 Å². The summed E-state index contributed by atoms with van der Waals surface area (Å²) in [6.07, 6.45) is 5.46. The minimum Gasteiger partial charge on any atom is -0.480 e. The molecule has 90 valence electrons. The van der Waals surface area contributed by atoms with E-state index in [-0.39, 0.29) is 0 Å². The molecule has 15 heavy (non-hydrogen) atoms. The van der Waals surface area contributed by atoms with Gasteiger partial charge in [0.2, 0.25) is 0 Å². The van der Waals surface area contributed by atoms with Crippen LogP contribution in [0.1, 0.15) is 52.9 Å².